The Balaban J connectivity index is 1.56. The number of anilines is 3. The number of fused-ring (bicyclic) bond motifs is 1. The molecule has 1 aliphatic heterocycles. The third kappa shape index (κ3) is 11.3. The highest BCUT2D eigenvalue weighted by Crippen LogP contribution is 2.31. The van der Waals surface area contributed by atoms with Crippen LogP contribution < -0.4 is 20.7 Å². The molecule has 4 N–H and O–H groups in total. The number of hydrogen-bond acceptors (Lipinski definition) is 6. The number of halogens is 4. The number of urea groups is 2. The summed E-state index contributed by atoms with van der Waals surface area (Å²) in [4.78, 5) is 43.1. The maximum Gasteiger partial charge on any atom is 0.416 e. The largest absolute Gasteiger partial charge is 0.490 e. The molecule has 15 heteroatoms. The van der Waals surface area contributed by atoms with Crippen molar-refractivity contribution in [2.24, 2.45) is 5.92 Å². The van der Waals surface area contributed by atoms with Crippen LogP contribution in [0.3, 0.4) is 0 Å². The summed E-state index contributed by atoms with van der Waals surface area (Å²) < 4.78 is 64.7. The fourth-order valence-electron chi connectivity index (χ4n) is 5.60. The number of amides is 5. The van der Waals surface area contributed by atoms with E-state index in [1.54, 1.807) is 26.1 Å². The van der Waals surface area contributed by atoms with Gasteiger partial charge >= 0.3 is 18.2 Å². The van der Waals surface area contributed by atoms with E-state index in [4.69, 9.17) is 9.47 Å². The van der Waals surface area contributed by atoms with Gasteiger partial charge in [0.2, 0.25) is 0 Å². The first kappa shape index (κ1) is 39.9. The van der Waals surface area contributed by atoms with Gasteiger partial charge in [-0.05, 0) is 99.8 Å². The van der Waals surface area contributed by atoms with E-state index >= 15 is 0 Å². The number of likely N-dealkylation sites (N-methyl/N-ethyl adjacent to an activating group) is 1. The maximum absolute atomic E-state index is 14.3. The van der Waals surface area contributed by atoms with Crippen LogP contribution in [0, 0.1) is 11.7 Å². The molecular weight excluding hydrogens is 686 g/mol. The Morgan fingerprint density at radius 2 is 1.58 bits per heavy atom. The quantitative estimate of drug-likeness (QED) is 0.187. The zero-order valence-electron chi connectivity index (χ0n) is 29.5. The van der Waals surface area contributed by atoms with E-state index in [-0.39, 0.29) is 54.4 Å². The molecule has 4 atom stereocenters. The van der Waals surface area contributed by atoms with E-state index in [1.165, 1.54) is 40.1 Å². The first-order valence-electron chi connectivity index (χ1n) is 17.0. The Morgan fingerprint density at radius 1 is 0.962 bits per heavy atom. The molecule has 0 spiro atoms. The van der Waals surface area contributed by atoms with Crippen molar-refractivity contribution in [3.05, 3.63) is 83.7 Å². The molecule has 5 amide bonds. The van der Waals surface area contributed by atoms with Crippen LogP contribution in [0.4, 0.5) is 44.2 Å². The van der Waals surface area contributed by atoms with Crippen LogP contribution in [0.15, 0.2) is 66.7 Å². The second kappa shape index (κ2) is 18.0. The molecular formula is C37H45F4N5O6. The summed E-state index contributed by atoms with van der Waals surface area (Å²) in [5.41, 5.74) is 0.0354. The summed E-state index contributed by atoms with van der Waals surface area (Å²) >= 11 is 0. The molecule has 0 aromatic heterocycles. The fraction of sp³-hybridized carbons (Fsp3) is 0.432. The number of ether oxygens (including phenoxy) is 2. The molecule has 0 saturated heterocycles. The molecule has 4 rings (SSSR count). The minimum absolute atomic E-state index is 0.122. The lowest BCUT2D eigenvalue weighted by atomic mass is 10.0. The van der Waals surface area contributed by atoms with Gasteiger partial charge in [0.1, 0.15) is 11.6 Å². The summed E-state index contributed by atoms with van der Waals surface area (Å²) in [6.07, 6.45) is -3.22. The summed E-state index contributed by atoms with van der Waals surface area (Å²) in [6.45, 7) is 5.78. The molecule has 0 fully saturated rings. The predicted molar refractivity (Wildman–Crippen MR) is 189 cm³/mol. The fourth-order valence-corrected chi connectivity index (χ4v) is 5.60. The minimum atomic E-state index is -4.52. The van der Waals surface area contributed by atoms with Crippen molar-refractivity contribution in [3.63, 3.8) is 0 Å². The van der Waals surface area contributed by atoms with Crippen LogP contribution in [0.1, 0.15) is 56.0 Å². The van der Waals surface area contributed by atoms with E-state index < -0.39 is 47.7 Å². The normalized spacial score (nSPS) is 19.4. The minimum Gasteiger partial charge on any atom is -0.490 e. The van der Waals surface area contributed by atoms with Crippen molar-refractivity contribution >= 4 is 35.0 Å². The third-order valence-electron chi connectivity index (χ3n) is 8.68. The number of rotatable bonds is 7. The van der Waals surface area contributed by atoms with Crippen LogP contribution in [0.2, 0.25) is 0 Å². The van der Waals surface area contributed by atoms with Crippen molar-refractivity contribution in [1.29, 1.82) is 0 Å². The molecule has 3 aromatic carbocycles. The lowest BCUT2D eigenvalue weighted by molar-refractivity contribution is -0.137. The Hall–Kier alpha value is -4.89. The number of hydrogen-bond donors (Lipinski definition) is 4. The number of nitrogens with zero attached hydrogens (tertiary/aromatic N) is 2. The molecule has 282 valence electrons. The molecule has 0 saturated carbocycles. The number of carbonyl (C=O) groups excluding carboxylic acids is 3. The van der Waals surface area contributed by atoms with Gasteiger partial charge in [-0.1, -0.05) is 6.92 Å². The first-order valence-corrected chi connectivity index (χ1v) is 17.0. The Morgan fingerprint density at radius 3 is 2.23 bits per heavy atom. The van der Waals surface area contributed by atoms with Gasteiger partial charge in [0.15, 0.2) is 0 Å². The second-order valence-corrected chi connectivity index (χ2v) is 13.0. The lowest BCUT2D eigenvalue weighted by Crippen LogP contribution is -2.48. The van der Waals surface area contributed by atoms with Crippen molar-refractivity contribution in [1.82, 2.24) is 9.80 Å². The predicted octanol–water partition coefficient (Wildman–Crippen LogP) is 7.45. The van der Waals surface area contributed by atoms with Gasteiger partial charge in [-0.25, -0.2) is 14.0 Å². The average molecular weight is 732 g/mol. The standard InChI is InChI=1S/C37H45F4N5O6/c1-23-20-46(24(2)22-47)34(48)31-19-30(43-35(49)42-28-12-8-26(9-13-28)37(39,40)41)16-17-32(31)52-25(3)7-5-6-18-51-33(23)21-45(4)36(50)44-29-14-10-27(38)11-15-29/h8-17,19,23-25,33,47H,5-7,18,20-22H2,1-4H3,(H,44,50)(H2,42,43,49)/t23-,24+,25-,33-/m0/s1. The van der Waals surface area contributed by atoms with Crippen LogP contribution in [-0.4, -0.2) is 84.5 Å². The summed E-state index contributed by atoms with van der Waals surface area (Å²) in [5, 5.41) is 18.0. The van der Waals surface area contributed by atoms with Gasteiger partial charge in [0.25, 0.3) is 5.91 Å². The van der Waals surface area contributed by atoms with E-state index in [9.17, 15) is 37.1 Å². The number of nitrogens with one attached hydrogen (secondary N) is 3. The third-order valence-corrected chi connectivity index (χ3v) is 8.68. The number of carbonyl (C=O) groups is 3. The Kier molecular flexibility index (Phi) is 13.8. The van der Waals surface area contributed by atoms with Crippen molar-refractivity contribution in [2.75, 3.05) is 49.3 Å². The number of aliphatic hydroxyl groups excluding tert-OH is 1. The average Bonchev–Trinajstić information content (AvgIpc) is 3.10. The Bertz CT molecular complexity index is 1660. The summed E-state index contributed by atoms with van der Waals surface area (Å²) in [6, 6.07) is 12.1. The number of benzene rings is 3. The Labute approximate surface area is 300 Å². The maximum atomic E-state index is 14.3. The highest BCUT2D eigenvalue weighted by atomic mass is 19.4. The second-order valence-electron chi connectivity index (χ2n) is 13.0. The van der Waals surface area contributed by atoms with Crippen LogP contribution in [-0.2, 0) is 10.9 Å². The van der Waals surface area contributed by atoms with E-state index in [0.717, 1.165) is 30.7 Å². The van der Waals surface area contributed by atoms with Crippen molar-refractivity contribution < 1.29 is 46.5 Å². The molecule has 1 aliphatic rings. The highest BCUT2D eigenvalue weighted by molar-refractivity contribution is 6.02. The van der Waals surface area contributed by atoms with Crippen LogP contribution >= 0.6 is 0 Å². The van der Waals surface area contributed by atoms with E-state index in [0.29, 0.717) is 25.1 Å². The zero-order chi connectivity index (χ0) is 38.0. The van der Waals surface area contributed by atoms with Crippen molar-refractivity contribution in [3.8, 4) is 5.75 Å². The summed E-state index contributed by atoms with van der Waals surface area (Å²) in [5.74, 6) is -0.972. The molecule has 1 heterocycles. The zero-order valence-corrected chi connectivity index (χ0v) is 29.5. The van der Waals surface area contributed by atoms with E-state index in [2.05, 4.69) is 16.0 Å². The molecule has 0 aliphatic carbocycles. The first-order chi connectivity index (χ1) is 24.6. The van der Waals surface area contributed by atoms with Gasteiger partial charge in [-0.3, -0.25) is 4.79 Å². The highest BCUT2D eigenvalue weighted by Gasteiger charge is 2.32. The molecule has 52 heavy (non-hydrogen) atoms. The van der Waals surface area contributed by atoms with Gasteiger partial charge in [-0.15, -0.1) is 0 Å². The van der Waals surface area contributed by atoms with Gasteiger partial charge in [0.05, 0.1) is 36.0 Å². The van der Waals surface area contributed by atoms with Crippen LogP contribution in [0.5, 0.6) is 5.75 Å². The monoisotopic (exact) mass is 731 g/mol. The van der Waals surface area contributed by atoms with Crippen molar-refractivity contribution in [2.45, 2.75) is 64.5 Å². The van der Waals surface area contributed by atoms with Gasteiger partial charge in [0, 0.05) is 49.7 Å². The van der Waals surface area contributed by atoms with Gasteiger partial charge in [-0.2, -0.15) is 13.2 Å². The number of aliphatic hydroxyl groups is 1. The summed E-state index contributed by atoms with van der Waals surface area (Å²) in [7, 11) is 1.61. The number of alkyl halides is 3. The lowest BCUT2D eigenvalue weighted by Gasteiger charge is -2.35. The topological polar surface area (TPSA) is 132 Å². The molecule has 0 bridgehead atoms. The smallest absolute Gasteiger partial charge is 0.416 e. The van der Waals surface area contributed by atoms with E-state index in [1.807, 2.05) is 13.8 Å². The van der Waals surface area contributed by atoms with Crippen LogP contribution in [0.25, 0.3) is 0 Å². The molecule has 11 nitrogen and oxygen atoms in total. The molecule has 0 radical (unpaired) electrons. The molecule has 0 unspecified atom stereocenters. The molecule has 3 aromatic rings. The van der Waals surface area contributed by atoms with Gasteiger partial charge < -0.3 is 40.3 Å². The SMILES string of the molecule is C[C@H](CO)N1C[C@H](C)[C@H](CN(C)C(=O)Nc2ccc(F)cc2)OCCCC[C@H](C)Oc2ccc(NC(=O)Nc3ccc(C(F)(F)F)cc3)cc2C1=O.